The summed E-state index contributed by atoms with van der Waals surface area (Å²) in [5.41, 5.74) is 2.88. The Balaban J connectivity index is 1.56. The number of hydrogen-bond donors (Lipinski definition) is 1. The molecule has 0 saturated carbocycles. The van der Waals surface area contributed by atoms with E-state index in [1.165, 1.54) is 0 Å². The molecule has 1 aromatic carbocycles. The first kappa shape index (κ1) is 11.7. The van der Waals surface area contributed by atoms with Crippen molar-refractivity contribution in [1.82, 2.24) is 10.1 Å². The van der Waals surface area contributed by atoms with Crippen LogP contribution in [0.1, 0.15) is 11.3 Å². The average Bonchev–Trinajstić information content (AvgIpc) is 3.10. The molecule has 0 saturated heterocycles. The molecular weight excluding hydrogens is 240 g/mol. The Kier molecular flexibility index (Phi) is 3.42. The summed E-state index contributed by atoms with van der Waals surface area (Å²) in [7, 11) is 0. The van der Waals surface area contributed by atoms with Gasteiger partial charge in [-0.15, -0.1) is 0 Å². The summed E-state index contributed by atoms with van der Waals surface area (Å²) in [6.07, 6.45) is 1.86. The number of rotatable bonds is 5. The van der Waals surface area contributed by atoms with Crippen LogP contribution in [-0.2, 0) is 18.0 Å². The van der Waals surface area contributed by atoms with Crippen molar-refractivity contribution in [3.8, 4) is 11.4 Å². The van der Waals surface area contributed by atoms with Crippen molar-refractivity contribution in [2.45, 2.75) is 13.2 Å². The maximum atomic E-state index is 5.59. The monoisotopic (exact) mass is 254 g/mol. The van der Waals surface area contributed by atoms with E-state index in [9.17, 15) is 0 Å². The zero-order valence-electron chi connectivity index (χ0n) is 10.4. The predicted molar refractivity (Wildman–Crippen MR) is 71.2 cm³/mol. The Morgan fingerprint density at radius 1 is 1.05 bits per heavy atom. The molecule has 0 atom stereocenters. The molecule has 0 spiro atoms. The van der Waals surface area contributed by atoms with Gasteiger partial charge in [0.25, 0.3) is 0 Å². The normalized spacial score (nSPS) is 10.7. The van der Waals surface area contributed by atoms with E-state index in [2.05, 4.69) is 10.1 Å². The molecule has 0 unspecified atom stereocenters. The molecule has 1 N–H and O–H groups in total. The summed E-state index contributed by atoms with van der Waals surface area (Å²) in [6.45, 7) is 0.988. The predicted octanol–water partition coefficient (Wildman–Crippen LogP) is 3.39. The van der Waals surface area contributed by atoms with Crippen LogP contribution >= 0.6 is 0 Å². The van der Waals surface area contributed by atoms with E-state index in [1.807, 2.05) is 54.7 Å². The van der Waals surface area contributed by atoms with E-state index in [-0.39, 0.29) is 0 Å². The quantitative estimate of drug-likeness (QED) is 0.759. The van der Waals surface area contributed by atoms with Gasteiger partial charge >= 0.3 is 0 Å². The second-order valence-corrected chi connectivity index (χ2v) is 4.24. The van der Waals surface area contributed by atoms with Crippen LogP contribution in [0.15, 0.2) is 59.3 Å². The largest absolute Gasteiger partial charge is 0.369 e. The van der Waals surface area contributed by atoms with Gasteiger partial charge in [0.05, 0.1) is 12.3 Å². The van der Waals surface area contributed by atoms with Crippen LogP contribution in [0.4, 0.5) is 0 Å². The Morgan fingerprint density at radius 2 is 1.95 bits per heavy atom. The molecule has 3 rings (SSSR count). The Morgan fingerprint density at radius 3 is 2.74 bits per heavy atom. The summed E-state index contributed by atoms with van der Waals surface area (Å²) in [5.74, 6) is 0.723. The van der Waals surface area contributed by atoms with Crippen LogP contribution in [0.25, 0.3) is 11.4 Å². The number of aromatic nitrogens is 2. The smallest absolute Gasteiger partial charge is 0.163 e. The molecule has 4 heteroatoms. The molecule has 0 amide bonds. The third kappa shape index (κ3) is 2.92. The average molecular weight is 254 g/mol. The fraction of sp³-hybridized carbons (Fsp3) is 0.133. The highest BCUT2D eigenvalue weighted by Crippen LogP contribution is 2.17. The first-order valence-corrected chi connectivity index (χ1v) is 6.13. The lowest BCUT2D eigenvalue weighted by Crippen LogP contribution is -1.92. The minimum Gasteiger partial charge on any atom is -0.369 e. The molecule has 3 aromatic rings. The van der Waals surface area contributed by atoms with Crippen molar-refractivity contribution in [3.63, 3.8) is 0 Å². The van der Waals surface area contributed by atoms with Gasteiger partial charge in [0, 0.05) is 12.3 Å². The topological polar surface area (TPSA) is 51.0 Å². The lowest BCUT2D eigenvalue weighted by atomic mass is 10.2. The molecule has 2 aromatic heterocycles. The second kappa shape index (κ2) is 5.54. The molecule has 0 fully saturated rings. The van der Waals surface area contributed by atoms with E-state index in [4.69, 9.17) is 9.26 Å². The number of hydrogen-bond acceptors (Lipinski definition) is 3. The fourth-order valence-electron chi connectivity index (χ4n) is 1.84. The van der Waals surface area contributed by atoms with Crippen LogP contribution in [-0.4, -0.2) is 10.1 Å². The van der Waals surface area contributed by atoms with Gasteiger partial charge in [-0.1, -0.05) is 35.5 Å². The highest BCUT2D eigenvalue weighted by molar-refractivity contribution is 5.53. The Hall–Kier alpha value is -2.33. The highest BCUT2D eigenvalue weighted by Gasteiger charge is 2.06. The van der Waals surface area contributed by atoms with Crippen molar-refractivity contribution in [2.75, 3.05) is 0 Å². The molecule has 0 bridgehead atoms. The van der Waals surface area contributed by atoms with Crippen LogP contribution in [0, 0.1) is 0 Å². The van der Waals surface area contributed by atoms with Gasteiger partial charge < -0.3 is 14.2 Å². The van der Waals surface area contributed by atoms with Crippen LogP contribution in [0.5, 0.6) is 0 Å². The summed E-state index contributed by atoms with van der Waals surface area (Å²) < 4.78 is 10.8. The molecule has 4 nitrogen and oxygen atoms in total. The molecule has 0 aliphatic rings. The number of H-pyrrole nitrogens is 1. The minimum atomic E-state index is 0.419. The van der Waals surface area contributed by atoms with Gasteiger partial charge in [0.2, 0.25) is 0 Å². The molecule has 0 radical (unpaired) electrons. The standard InChI is InChI=1S/C15H14N2O2/c1-2-5-12(6-3-1)10-18-11-13-9-15(17-19-13)14-7-4-8-16-14/h1-9,16H,10-11H2. The lowest BCUT2D eigenvalue weighted by molar-refractivity contribution is 0.0884. The SMILES string of the molecule is c1ccc(COCc2cc(-c3ccc[nH]3)no2)cc1. The molecule has 0 aliphatic carbocycles. The van der Waals surface area contributed by atoms with Gasteiger partial charge in [0.1, 0.15) is 12.3 Å². The van der Waals surface area contributed by atoms with Gasteiger partial charge in [-0.3, -0.25) is 0 Å². The molecular formula is C15H14N2O2. The van der Waals surface area contributed by atoms with Gasteiger partial charge in [0.15, 0.2) is 5.76 Å². The molecule has 2 heterocycles. The van der Waals surface area contributed by atoms with Crippen LogP contribution in [0.2, 0.25) is 0 Å². The van der Waals surface area contributed by atoms with E-state index in [1.54, 1.807) is 0 Å². The number of aromatic amines is 1. The van der Waals surface area contributed by atoms with Crippen molar-refractivity contribution < 1.29 is 9.26 Å². The third-order valence-electron chi connectivity index (χ3n) is 2.79. The van der Waals surface area contributed by atoms with Crippen LogP contribution in [0.3, 0.4) is 0 Å². The number of nitrogens with zero attached hydrogens (tertiary/aromatic N) is 1. The zero-order chi connectivity index (χ0) is 12.9. The van der Waals surface area contributed by atoms with Crippen molar-refractivity contribution in [1.29, 1.82) is 0 Å². The fourth-order valence-corrected chi connectivity index (χ4v) is 1.84. The van der Waals surface area contributed by atoms with Gasteiger partial charge in [-0.05, 0) is 17.7 Å². The number of ether oxygens (including phenoxy) is 1. The number of benzene rings is 1. The first-order chi connectivity index (χ1) is 9.42. The maximum absolute atomic E-state index is 5.59. The first-order valence-electron chi connectivity index (χ1n) is 6.13. The molecule has 19 heavy (non-hydrogen) atoms. The van der Waals surface area contributed by atoms with E-state index >= 15 is 0 Å². The Bertz CT molecular complexity index is 615. The van der Waals surface area contributed by atoms with Crippen molar-refractivity contribution >= 4 is 0 Å². The Labute approximate surface area is 111 Å². The molecule has 96 valence electrons. The summed E-state index contributed by atoms with van der Waals surface area (Å²) >= 11 is 0. The second-order valence-electron chi connectivity index (χ2n) is 4.24. The van der Waals surface area contributed by atoms with E-state index in [0.717, 1.165) is 22.7 Å². The molecule has 0 aliphatic heterocycles. The summed E-state index contributed by atoms with van der Waals surface area (Å²) in [4.78, 5) is 3.09. The highest BCUT2D eigenvalue weighted by atomic mass is 16.5. The third-order valence-corrected chi connectivity index (χ3v) is 2.79. The maximum Gasteiger partial charge on any atom is 0.163 e. The zero-order valence-corrected chi connectivity index (χ0v) is 10.4. The van der Waals surface area contributed by atoms with Gasteiger partial charge in [-0.25, -0.2) is 0 Å². The summed E-state index contributed by atoms with van der Waals surface area (Å²) in [6, 6.07) is 15.8. The summed E-state index contributed by atoms with van der Waals surface area (Å²) in [5, 5.41) is 4.00. The van der Waals surface area contributed by atoms with Gasteiger partial charge in [-0.2, -0.15) is 0 Å². The lowest BCUT2D eigenvalue weighted by Gasteiger charge is -2.00. The van der Waals surface area contributed by atoms with Crippen molar-refractivity contribution in [3.05, 3.63) is 66.1 Å². The van der Waals surface area contributed by atoms with Crippen LogP contribution < -0.4 is 0 Å². The minimum absolute atomic E-state index is 0.419. The van der Waals surface area contributed by atoms with Crippen molar-refractivity contribution in [2.24, 2.45) is 0 Å². The van der Waals surface area contributed by atoms with E-state index in [0.29, 0.717) is 13.2 Å². The van der Waals surface area contributed by atoms with E-state index < -0.39 is 0 Å². The number of nitrogens with one attached hydrogen (secondary N) is 1.